The van der Waals surface area contributed by atoms with Gasteiger partial charge in [-0.25, -0.2) is 4.79 Å². The van der Waals surface area contributed by atoms with Gasteiger partial charge < -0.3 is 14.8 Å². The number of ether oxygens (including phenoxy) is 2. The molecule has 0 aliphatic carbocycles. The summed E-state index contributed by atoms with van der Waals surface area (Å²) in [5, 5.41) is 3.57. The molecule has 2 bridgehead atoms. The van der Waals surface area contributed by atoms with Crippen molar-refractivity contribution in [3.05, 3.63) is 28.8 Å². The molecule has 0 saturated carbocycles. The lowest BCUT2D eigenvalue weighted by molar-refractivity contribution is -0.163. The number of carbonyl (C=O) groups is 1. The molecule has 0 radical (unpaired) electrons. The first-order valence-corrected chi connectivity index (χ1v) is 6.92. The summed E-state index contributed by atoms with van der Waals surface area (Å²) in [6.07, 6.45) is 0.342. The van der Waals surface area contributed by atoms with Crippen LogP contribution in [0.2, 0.25) is 5.02 Å². The van der Waals surface area contributed by atoms with E-state index in [0.29, 0.717) is 17.2 Å². The summed E-state index contributed by atoms with van der Waals surface area (Å²) in [5.74, 6) is 0.699. The number of nitrogens with one attached hydrogen (secondary N) is 1. The predicted octanol–water partition coefficient (Wildman–Crippen LogP) is 2.55. The lowest BCUT2D eigenvalue weighted by Gasteiger charge is -2.53. The SMILES string of the molecule is COC(C)C12CC(NC(=O)N1C)c1c(Cl)cccc1O2. The van der Waals surface area contributed by atoms with E-state index < -0.39 is 5.72 Å². The third kappa shape index (κ3) is 1.70. The maximum absolute atomic E-state index is 12.2. The van der Waals surface area contributed by atoms with Crippen LogP contribution in [0.25, 0.3) is 0 Å². The summed E-state index contributed by atoms with van der Waals surface area (Å²) in [6.45, 7) is 1.90. The molecule has 1 aromatic rings. The second-order valence-electron chi connectivity index (χ2n) is 5.24. The van der Waals surface area contributed by atoms with E-state index in [1.807, 2.05) is 19.1 Å². The minimum atomic E-state index is -0.806. The number of nitrogens with zero attached hydrogens (tertiary/aromatic N) is 1. The van der Waals surface area contributed by atoms with E-state index in [2.05, 4.69) is 5.32 Å². The molecule has 1 aromatic carbocycles. The van der Waals surface area contributed by atoms with Crippen LogP contribution in [0.4, 0.5) is 4.79 Å². The molecule has 2 aliphatic rings. The molecular formula is C14H17ClN2O3. The monoisotopic (exact) mass is 296 g/mol. The molecule has 6 heteroatoms. The van der Waals surface area contributed by atoms with E-state index in [1.54, 1.807) is 25.1 Å². The van der Waals surface area contributed by atoms with E-state index in [1.165, 1.54) is 0 Å². The van der Waals surface area contributed by atoms with Crippen LogP contribution in [0.1, 0.15) is 24.9 Å². The molecule has 0 aromatic heterocycles. The summed E-state index contributed by atoms with van der Waals surface area (Å²) >= 11 is 6.25. The minimum Gasteiger partial charge on any atom is -0.465 e. The maximum Gasteiger partial charge on any atom is 0.320 e. The fraction of sp³-hybridized carbons (Fsp3) is 0.500. The quantitative estimate of drug-likeness (QED) is 0.912. The van der Waals surface area contributed by atoms with Gasteiger partial charge in [0.2, 0.25) is 5.72 Å². The Morgan fingerprint density at radius 3 is 3.05 bits per heavy atom. The molecule has 108 valence electrons. The van der Waals surface area contributed by atoms with Gasteiger partial charge in [0.1, 0.15) is 11.9 Å². The molecule has 5 nitrogen and oxygen atoms in total. The van der Waals surface area contributed by atoms with E-state index in [9.17, 15) is 4.79 Å². The van der Waals surface area contributed by atoms with Gasteiger partial charge in [-0.05, 0) is 19.1 Å². The Hall–Kier alpha value is -1.46. The number of halogens is 1. The van der Waals surface area contributed by atoms with Gasteiger partial charge in [-0.1, -0.05) is 17.7 Å². The number of likely N-dealkylation sites (N-methyl/N-ethyl adjacent to an activating group) is 1. The third-order valence-corrected chi connectivity index (χ3v) is 4.63. The molecule has 2 aliphatic heterocycles. The highest BCUT2D eigenvalue weighted by Gasteiger charge is 2.54. The van der Waals surface area contributed by atoms with Crippen molar-refractivity contribution in [1.29, 1.82) is 0 Å². The summed E-state index contributed by atoms with van der Waals surface area (Å²) in [7, 11) is 3.34. The Bertz CT molecular complexity index is 565. The Labute approximate surface area is 122 Å². The van der Waals surface area contributed by atoms with Gasteiger partial charge in [0, 0.05) is 31.2 Å². The molecule has 2 amide bonds. The highest BCUT2D eigenvalue weighted by molar-refractivity contribution is 6.31. The van der Waals surface area contributed by atoms with Crippen molar-refractivity contribution in [1.82, 2.24) is 10.2 Å². The van der Waals surface area contributed by atoms with Crippen LogP contribution < -0.4 is 10.1 Å². The number of carbonyl (C=O) groups excluding carboxylic acids is 1. The fourth-order valence-corrected chi connectivity index (χ4v) is 3.32. The minimum absolute atomic E-state index is 0.159. The van der Waals surface area contributed by atoms with Gasteiger partial charge in [-0.3, -0.25) is 4.90 Å². The number of benzene rings is 1. The van der Waals surface area contributed by atoms with Gasteiger partial charge in [-0.15, -0.1) is 0 Å². The molecule has 3 atom stereocenters. The molecule has 20 heavy (non-hydrogen) atoms. The first kappa shape index (κ1) is 13.5. The summed E-state index contributed by atoms with van der Waals surface area (Å²) in [6, 6.07) is 5.18. The van der Waals surface area contributed by atoms with Crippen LogP contribution in [-0.2, 0) is 4.74 Å². The van der Waals surface area contributed by atoms with Crippen molar-refractivity contribution in [2.75, 3.05) is 14.2 Å². The highest BCUT2D eigenvalue weighted by Crippen LogP contribution is 2.47. The molecule has 1 fully saturated rings. The second-order valence-corrected chi connectivity index (χ2v) is 5.65. The van der Waals surface area contributed by atoms with Crippen LogP contribution in [0.3, 0.4) is 0 Å². The first-order chi connectivity index (χ1) is 9.49. The van der Waals surface area contributed by atoms with Gasteiger partial charge >= 0.3 is 6.03 Å². The predicted molar refractivity (Wildman–Crippen MR) is 74.9 cm³/mol. The standard InChI is InChI=1S/C14H17ClN2O3/c1-8(19-3)14-7-10(16-13(18)17(14)2)12-9(15)5-4-6-11(12)20-14/h4-6,8,10H,7H2,1-3H3,(H,16,18). The first-order valence-electron chi connectivity index (χ1n) is 6.54. The lowest BCUT2D eigenvalue weighted by atomic mass is 9.87. The smallest absolute Gasteiger partial charge is 0.320 e. The number of methoxy groups -OCH3 is 1. The third-order valence-electron chi connectivity index (χ3n) is 4.30. The molecule has 1 N–H and O–H groups in total. The van der Waals surface area contributed by atoms with Crippen LogP contribution in [0, 0.1) is 0 Å². The van der Waals surface area contributed by atoms with Gasteiger partial charge in [0.25, 0.3) is 0 Å². The van der Waals surface area contributed by atoms with E-state index >= 15 is 0 Å². The molecule has 3 rings (SSSR count). The molecule has 2 heterocycles. The zero-order valence-electron chi connectivity index (χ0n) is 11.6. The van der Waals surface area contributed by atoms with Crippen LogP contribution in [-0.4, -0.2) is 36.9 Å². The van der Waals surface area contributed by atoms with Crippen LogP contribution >= 0.6 is 11.6 Å². The Balaban J connectivity index is 2.14. The van der Waals surface area contributed by atoms with E-state index in [4.69, 9.17) is 21.1 Å². The average molecular weight is 297 g/mol. The summed E-state index contributed by atoms with van der Waals surface area (Å²) < 4.78 is 11.6. The summed E-state index contributed by atoms with van der Waals surface area (Å²) in [4.78, 5) is 13.8. The number of hydrogen-bond acceptors (Lipinski definition) is 3. The van der Waals surface area contributed by atoms with Crippen LogP contribution in [0.15, 0.2) is 18.2 Å². The van der Waals surface area contributed by atoms with Crippen molar-refractivity contribution in [2.45, 2.75) is 31.2 Å². The number of urea groups is 1. The fourth-order valence-electron chi connectivity index (χ4n) is 3.02. The number of fused-ring (bicyclic) bond motifs is 4. The largest absolute Gasteiger partial charge is 0.465 e. The van der Waals surface area contributed by atoms with Crippen molar-refractivity contribution in [2.24, 2.45) is 0 Å². The van der Waals surface area contributed by atoms with Gasteiger partial charge in [0.05, 0.1) is 6.04 Å². The Morgan fingerprint density at radius 1 is 1.60 bits per heavy atom. The number of hydrogen-bond donors (Lipinski definition) is 1. The van der Waals surface area contributed by atoms with Crippen molar-refractivity contribution < 1.29 is 14.3 Å². The zero-order chi connectivity index (χ0) is 14.5. The maximum atomic E-state index is 12.2. The van der Waals surface area contributed by atoms with Crippen molar-refractivity contribution >= 4 is 17.6 Å². The number of rotatable bonds is 2. The Kier molecular flexibility index (Phi) is 3.06. The topological polar surface area (TPSA) is 50.8 Å². The van der Waals surface area contributed by atoms with E-state index in [-0.39, 0.29) is 18.2 Å². The van der Waals surface area contributed by atoms with Crippen LogP contribution in [0.5, 0.6) is 5.75 Å². The van der Waals surface area contributed by atoms with Gasteiger partial charge in [0.15, 0.2) is 0 Å². The highest BCUT2D eigenvalue weighted by atomic mass is 35.5. The average Bonchev–Trinajstić information content (AvgIpc) is 2.43. The Morgan fingerprint density at radius 2 is 2.35 bits per heavy atom. The molecule has 1 saturated heterocycles. The van der Waals surface area contributed by atoms with Crippen molar-refractivity contribution in [3.8, 4) is 5.75 Å². The normalized spacial score (nSPS) is 29.3. The number of amides is 2. The summed E-state index contributed by atoms with van der Waals surface area (Å²) in [5.41, 5.74) is 0.0361. The van der Waals surface area contributed by atoms with Gasteiger partial charge in [-0.2, -0.15) is 0 Å². The van der Waals surface area contributed by atoms with Crippen molar-refractivity contribution in [3.63, 3.8) is 0 Å². The van der Waals surface area contributed by atoms with E-state index in [0.717, 1.165) is 5.56 Å². The molecule has 3 unspecified atom stereocenters. The molecular weight excluding hydrogens is 280 g/mol. The zero-order valence-corrected chi connectivity index (χ0v) is 12.4. The second kappa shape index (κ2) is 4.53. The lowest BCUT2D eigenvalue weighted by Crippen LogP contribution is -2.69. The molecule has 0 spiro atoms.